The van der Waals surface area contributed by atoms with Crippen molar-refractivity contribution in [2.45, 2.75) is 13.8 Å². The Kier molecular flexibility index (Phi) is 4.42. The Morgan fingerprint density at radius 2 is 1.00 bits per heavy atom. The van der Waals surface area contributed by atoms with Gasteiger partial charge in [-0.2, -0.15) is 0 Å². The van der Waals surface area contributed by atoms with E-state index in [0.29, 0.717) is 55.7 Å². The van der Waals surface area contributed by atoms with Gasteiger partial charge in [0.05, 0.1) is 33.5 Å². The van der Waals surface area contributed by atoms with Crippen molar-refractivity contribution < 1.29 is 9.59 Å². The second-order valence-electron chi connectivity index (χ2n) is 9.64. The van der Waals surface area contributed by atoms with Gasteiger partial charge < -0.3 is 9.97 Å². The molecule has 0 radical (unpaired) electrons. The minimum Gasteiger partial charge on any atom is -0.350 e. The average Bonchev–Trinajstić information content (AvgIpc) is 3.66. The zero-order valence-corrected chi connectivity index (χ0v) is 20.5. The summed E-state index contributed by atoms with van der Waals surface area (Å²) in [5.41, 5.74) is 6.42. The maximum Gasteiger partial charge on any atom is 0.279 e. The van der Waals surface area contributed by atoms with Gasteiger partial charge in [-0.3, -0.25) is 28.3 Å². The van der Waals surface area contributed by atoms with Gasteiger partial charge in [-0.1, -0.05) is 12.1 Å². The molecule has 184 valence electrons. The molecule has 2 N–H and O–H groups in total. The fraction of sp³-hybridized carbons (Fsp3) is 0.0667. The lowest BCUT2D eigenvalue weighted by Gasteiger charge is -2.03. The van der Waals surface area contributed by atoms with Crippen molar-refractivity contribution in [3.05, 3.63) is 116 Å². The van der Waals surface area contributed by atoms with Crippen molar-refractivity contribution in [3.63, 3.8) is 0 Å². The minimum absolute atomic E-state index is 0.0884. The van der Waals surface area contributed by atoms with Crippen LogP contribution in [0.4, 0.5) is 0 Å². The number of aromatic nitrogens is 4. The van der Waals surface area contributed by atoms with Gasteiger partial charge in [-0.05, 0) is 73.5 Å². The molecule has 0 unspecified atom stereocenters. The fourth-order valence-corrected chi connectivity index (χ4v) is 5.38. The summed E-state index contributed by atoms with van der Waals surface area (Å²) >= 11 is 0. The lowest BCUT2D eigenvalue weighted by Crippen LogP contribution is -2.11. The molecule has 4 aromatic heterocycles. The van der Waals surface area contributed by atoms with Gasteiger partial charge in [-0.15, -0.1) is 0 Å². The highest BCUT2D eigenvalue weighted by Gasteiger charge is 2.31. The van der Waals surface area contributed by atoms with E-state index in [1.165, 1.54) is 9.13 Å². The molecular formula is C30H20N4O4. The number of pyridine rings is 2. The van der Waals surface area contributed by atoms with Crippen molar-refractivity contribution >= 4 is 33.6 Å². The molecule has 0 aliphatic carbocycles. The summed E-state index contributed by atoms with van der Waals surface area (Å²) in [5.74, 6) is -0.342. The average molecular weight is 501 g/mol. The molecule has 6 heterocycles. The number of nitrogens with zero attached hydrogens (tertiary/aromatic N) is 2. The lowest BCUT2D eigenvalue weighted by atomic mass is 10.1. The summed E-state index contributed by atoms with van der Waals surface area (Å²) in [7, 11) is 0. The predicted octanol–water partition coefficient (Wildman–Crippen LogP) is 4.61. The molecule has 0 saturated heterocycles. The number of H-pyrrole nitrogens is 2. The topological polar surface area (TPSA) is 110 Å². The predicted molar refractivity (Wildman–Crippen MR) is 145 cm³/mol. The fourth-order valence-electron chi connectivity index (χ4n) is 5.38. The normalized spacial score (nSPS) is 12.8. The minimum atomic E-state index is -0.171. The molecule has 0 amide bonds. The van der Waals surface area contributed by atoms with Crippen molar-refractivity contribution in [2.24, 2.45) is 0 Å². The van der Waals surface area contributed by atoms with Crippen LogP contribution < -0.4 is 10.9 Å². The van der Waals surface area contributed by atoms with E-state index >= 15 is 0 Å². The van der Waals surface area contributed by atoms with Crippen LogP contribution in [-0.4, -0.2) is 30.9 Å². The summed E-state index contributed by atoms with van der Waals surface area (Å²) in [6.07, 6.45) is 3.36. The molecule has 2 aliphatic heterocycles. The van der Waals surface area contributed by atoms with Crippen LogP contribution in [0.15, 0.2) is 82.6 Å². The maximum absolute atomic E-state index is 12.6. The zero-order valence-electron chi connectivity index (χ0n) is 20.5. The van der Waals surface area contributed by atoms with Gasteiger partial charge in [-0.25, -0.2) is 0 Å². The van der Waals surface area contributed by atoms with Gasteiger partial charge in [0.15, 0.2) is 10.9 Å². The highest BCUT2D eigenvalue weighted by molar-refractivity contribution is 6.10. The van der Waals surface area contributed by atoms with Crippen molar-refractivity contribution in [3.8, 4) is 22.5 Å². The Hall–Kier alpha value is -5.24. The van der Waals surface area contributed by atoms with Gasteiger partial charge in [0.2, 0.25) is 0 Å². The van der Waals surface area contributed by atoms with Crippen molar-refractivity contribution in [2.75, 3.05) is 0 Å². The number of aryl methyl sites for hydroxylation is 2. The first kappa shape index (κ1) is 22.0. The molecular weight excluding hydrogens is 480 g/mol. The number of hydrogen-bond acceptors (Lipinski definition) is 4. The maximum atomic E-state index is 12.6. The standard InChI is InChI=1S/2C15H10N2O2/c2*1-8-4-5-9-10(7-8)16-13-12(14(9)18)11-3-2-6-17(11)15(13)19/h2*2-7H,1H3,(H,16,18). The van der Waals surface area contributed by atoms with Crippen LogP contribution in [0.3, 0.4) is 0 Å². The molecule has 2 aromatic carbocycles. The molecule has 8 nitrogen and oxygen atoms in total. The van der Waals surface area contributed by atoms with E-state index in [4.69, 9.17) is 0 Å². The summed E-state index contributed by atoms with van der Waals surface area (Å²) in [4.78, 5) is 55.8. The Labute approximate surface area is 214 Å². The van der Waals surface area contributed by atoms with Crippen LogP contribution >= 0.6 is 0 Å². The van der Waals surface area contributed by atoms with E-state index in [1.54, 1.807) is 48.8 Å². The third-order valence-electron chi connectivity index (χ3n) is 7.19. The number of nitrogens with one attached hydrogen (secondary N) is 2. The third kappa shape index (κ3) is 2.91. The largest absolute Gasteiger partial charge is 0.350 e. The molecule has 0 saturated carbocycles. The third-order valence-corrected chi connectivity index (χ3v) is 7.19. The highest BCUT2D eigenvalue weighted by atomic mass is 16.2. The van der Waals surface area contributed by atoms with Crippen LogP contribution in [-0.2, 0) is 0 Å². The molecule has 2 aliphatic rings. The van der Waals surface area contributed by atoms with E-state index in [9.17, 15) is 19.2 Å². The van der Waals surface area contributed by atoms with E-state index < -0.39 is 0 Å². The summed E-state index contributed by atoms with van der Waals surface area (Å²) in [5, 5.41) is 1.23. The van der Waals surface area contributed by atoms with Gasteiger partial charge in [0.1, 0.15) is 11.4 Å². The SMILES string of the molecule is Cc1ccc2c(=O)c3c([nH]c2c1)C(=O)n1cccc1-3.Cc1ccc2c(=O)c3c([nH]c2c1)C(=O)n1cccc1-3. The molecule has 6 aromatic rings. The monoisotopic (exact) mass is 500 g/mol. The highest BCUT2D eigenvalue weighted by Crippen LogP contribution is 2.31. The first-order valence-corrected chi connectivity index (χ1v) is 12.1. The first-order chi connectivity index (χ1) is 18.3. The number of hydrogen-bond donors (Lipinski definition) is 2. The summed E-state index contributed by atoms with van der Waals surface area (Å²) in [6.45, 7) is 3.91. The molecule has 38 heavy (non-hydrogen) atoms. The van der Waals surface area contributed by atoms with E-state index in [1.807, 2.05) is 38.1 Å². The smallest absolute Gasteiger partial charge is 0.279 e. The van der Waals surface area contributed by atoms with E-state index in [0.717, 1.165) is 11.1 Å². The Balaban J connectivity index is 0.000000127. The summed E-state index contributed by atoms with van der Waals surface area (Å²) in [6, 6.07) is 18.3. The van der Waals surface area contributed by atoms with Crippen LogP contribution in [0.1, 0.15) is 32.1 Å². The van der Waals surface area contributed by atoms with Crippen LogP contribution in [0, 0.1) is 13.8 Å². The number of carbonyl (C=O) groups excluding carboxylic acids is 2. The number of fused-ring (bicyclic) bond motifs is 8. The Morgan fingerprint density at radius 1 is 0.579 bits per heavy atom. The second-order valence-corrected chi connectivity index (χ2v) is 9.64. The van der Waals surface area contributed by atoms with E-state index in [-0.39, 0.29) is 22.7 Å². The van der Waals surface area contributed by atoms with Crippen LogP contribution in [0.2, 0.25) is 0 Å². The molecule has 0 spiro atoms. The number of aromatic amines is 2. The molecule has 0 fully saturated rings. The molecule has 0 atom stereocenters. The van der Waals surface area contributed by atoms with Crippen molar-refractivity contribution in [1.82, 2.24) is 19.1 Å². The lowest BCUT2D eigenvalue weighted by molar-refractivity contribution is 0.0957. The van der Waals surface area contributed by atoms with Crippen molar-refractivity contribution in [1.29, 1.82) is 0 Å². The van der Waals surface area contributed by atoms with Gasteiger partial charge in [0.25, 0.3) is 11.8 Å². The first-order valence-electron chi connectivity index (χ1n) is 12.1. The van der Waals surface area contributed by atoms with Gasteiger partial charge in [0, 0.05) is 23.2 Å². The number of carbonyl (C=O) groups is 2. The van der Waals surface area contributed by atoms with Crippen LogP contribution in [0.25, 0.3) is 44.3 Å². The Morgan fingerprint density at radius 3 is 1.42 bits per heavy atom. The summed E-state index contributed by atoms with van der Waals surface area (Å²) < 4.78 is 3.02. The number of benzene rings is 2. The van der Waals surface area contributed by atoms with Crippen LogP contribution in [0.5, 0.6) is 0 Å². The van der Waals surface area contributed by atoms with E-state index in [2.05, 4.69) is 9.97 Å². The molecule has 0 bridgehead atoms. The van der Waals surface area contributed by atoms with Gasteiger partial charge >= 0.3 is 0 Å². The molecule has 8 rings (SSSR count). The zero-order chi connectivity index (χ0) is 26.3. The molecule has 8 heteroatoms. The quantitative estimate of drug-likeness (QED) is 0.317. The second kappa shape index (κ2) is 7.63. The Bertz CT molecular complexity index is 1980. The number of rotatable bonds is 0.